The first kappa shape index (κ1) is 16.8. The second-order valence-corrected chi connectivity index (χ2v) is 5.79. The third-order valence-electron chi connectivity index (χ3n) is 4.06. The maximum Gasteiger partial charge on any atom is 0.248 e. The van der Waals surface area contributed by atoms with E-state index >= 15 is 0 Å². The molecular formula is C20H20N2O3. The van der Waals surface area contributed by atoms with Crippen LogP contribution in [0.5, 0.6) is 5.75 Å². The highest BCUT2D eigenvalue weighted by Crippen LogP contribution is 2.22. The van der Waals surface area contributed by atoms with Gasteiger partial charge in [0.05, 0.1) is 7.11 Å². The van der Waals surface area contributed by atoms with Crippen molar-refractivity contribution in [2.45, 2.75) is 12.8 Å². The molecule has 0 bridgehead atoms. The smallest absolute Gasteiger partial charge is 0.248 e. The van der Waals surface area contributed by atoms with Gasteiger partial charge in [0, 0.05) is 30.4 Å². The molecule has 0 radical (unpaired) electrons. The third kappa shape index (κ3) is 4.26. The zero-order valence-electron chi connectivity index (χ0n) is 14.1. The van der Waals surface area contributed by atoms with Crippen molar-refractivity contribution >= 4 is 29.3 Å². The molecule has 0 aliphatic carbocycles. The zero-order chi connectivity index (χ0) is 17.6. The number of rotatable bonds is 5. The molecule has 5 nitrogen and oxygen atoms in total. The number of methoxy groups -OCH3 is 1. The van der Waals surface area contributed by atoms with Crippen molar-refractivity contribution in [2.75, 3.05) is 23.9 Å². The fourth-order valence-corrected chi connectivity index (χ4v) is 2.72. The molecule has 5 heteroatoms. The first-order valence-electron chi connectivity index (χ1n) is 8.19. The van der Waals surface area contributed by atoms with Gasteiger partial charge in [0.25, 0.3) is 0 Å². The van der Waals surface area contributed by atoms with Crippen molar-refractivity contribution < 1.29 is 14.3 Å². The predicted octanol–water partition coefficient (Wildman–Crippen LogP) is 3.47. The number of nitrogens with zero attached hydrogens (tertiary/aromatic N) is 1. The van der Waals surface area contributed by atoms with Crippen LogP contribution in [0.25, 0.3) is 6.08 Å². The normalized spacial score (nSPS) is 14.1. The fraction of sp³-hybridized carbons (Fsp3) is 0.200. The number of carbonyl (C=O) groups excluding carboxylic acids is 2. The minimum absolute atomic E-state index is 0.169. The van der Waals surface area contributed by atoms with Gasteiger partial charge in [0.15, 0.2) is 0 Å². The van der Waals surface area contributed by atoms with Crippen molar-refractivity contribution in [3.63, 3.8) is 0 Å². The number of hydrogen-bond donors (Lipinski definition) is 1. The van der Waals surface area contributed by atoms with Crippen LogP contribution in [0.3, 0.4) is 0 Å². The Morgan fingerprint density at radius 3 is 2.44 bits per heavy atom. The summed E-state index contributed by atoms with van der Waals surface area (Å²) in [5.74, 6) is 0.705. The molecule has 25 heavy (non-hydrogen) atoms. The Balaban J connectivity index is 1.59. The lowest BCUT2D eigenvalue weighted by Crippen LogP contribution is -2.23. The lowest BCUT2D eigenvalue weighted by Gasteiger charge is -2.15. The van der Waals surface area contributed by atoms with Crippen molar-refractivity contribution in [2.24, 2.45) is 0 Å². The molecule has 1 heterocycles. The monoisotopic (exact) mass is 336 g/mol. The van der Waals surface area contributed by atoms with Crippen LogP contribution >= 0.6 is 0 Å². The van der Waals surface area contributed by atoms with Crippen molar-refractivity contribution in [1.29, 1.82) is 0 Å². The summed E-state index contributed by atoms with van der Waals surface area (Å²) in [7, 11) is 1.60. The molecule has 2 aromatic carbocycles. The average molecular weight is 336 g/mol. The van der Waals surface area contributed by atoms with E-state index in [4.69, 9.17) is 4.74 Å². The maximum absolute atomic E-state index is 12.0. The van der Waals surface area contributed by atoms with E-state index in [0.717, 1.165) is 30.0 Å². The lowest BCUT2D eigenvalue weighted by molar-refractivity contribution is -0.117. The van der Waals surface area contributed by atoms with Crippen LogP contribution in [0.4, 0.5) is 11.4 Å². The number of hydrogen-bond acceptors (Lipinski definition) is 3. The van der Waals surface area contributed by atoms with Crippen molar-refractivity contribution in [3.8, 4) is 5.75 Å². The molecule has 1 aliphatic heterocycles. The van der Waals surface area contributed by atoms with Gasteiger partial charge in [0.2, 0.25) is 11.8 Å². The number of anilines is 2. The Kier molecular flexibility index (Phi) is 5.14. The topological polar surface area (TPSA) is 58.6 Å². The summed E-state index contributed by atoms with van der Waals surface area (Å²) in [6, 6.07) is 14.8. The second-order valence-electron chi connectivity index (χ2n) is 5.79. The van der Waals surface area contributed by atoms with E-state index in [1.165, 1.54) is 6.08 Å². The maximum atomic E-state index is 12.0. The summed E-state index contributed by atoms with van der Waals surface area (Å²) in [5, 5.41) is 2.79. The van der Waals surface area contributed by atoms with Crippen molar-refractivity contribution in [3.05, 3.63) is 60.2 Å². The number of nitrogens with one attached hydrogen (secondary N) is 1. The van der Waals surface area contributed by atoms with Crippen molar-refractivity contribution in [1.82, 2.24) is 0 Å². The first-order valence-corrected chi connectivity index (χ1v) is 8.19. The van der Waals surface area contributed by atoms with Crippen LogP contribution in [-0.4, -0.2) is 25.5 Å². The molecule has 0 saturated carbocycles. The van der Waals surface area contributed by atoms with Crippen LogP contribution in [0.2, 0.25) is 0 Å². The summed E-state index contributed by atoms with van der Waals surface area (Å²) in [6.45, 7) is 0.776. The number of amides is 2. The van der Waals surface area contributed by atoms with Gasteiger partial charge < -0.3 is 15.0 Å². The molecular weight excluding hydrogens is 316 g/mol. The molecule has 1 aliphatic rings. The molecule has 3 rings (SSSR count). The van der Waals surface area contributed by atoms with E-state index in [2.05, 4.69) is 5.32 Å². The summed E-state index contributed by atoms with van der Waals surface area (Å²) >= 11 is 0. The molecule has 1 N–H and O–H groups in total. The Hall–Kier alpha value is -3.08. The highest BCUT2D eigenvalue weighted by molar-refractivity contribution is 6.02. The Bertz CT molecular complexity index is 780. The molecule has 0 spiro atoms. The van der Waals surface area contributed by atoms with Gasteiger partial charge in [-0.15, -0.1) is 0 Å². The zero-order valence-corrected chi connectivity index (χ0v) is 14.1. The van der Waals surface area contributed by atoms with E-state index in [9.17, 15) is 9.59 Å². The van der Waals surface area contributed by atoms with Crippen LogP contribution in [0.1, 0.15) is 18.4 Å². The Labute approximate surface area is 146 Å². The standard InChI is InChI=1S/C20H20N2O3/c1-25-18-11-7-16(8-12-18)21-19(23)13-6-15-4-9-17(10-5-15)22-14-2-3-20(22)24/h4-13H,2-3,14H2,1H3,(H,21,23). The molecule has 2 amide bonds. The van der Waals surface area contributed by atoms with Gasteiger partial charge in [-0.1, -0.05) is 12.1 Å². The summed E-state index contributed by atoms with van der Waals surface area (Å²) in [4.78, 5) is 25.5. The van der Waals surface area contributed by atoms with E-state index in [1.54, 1.807) is 42.4 Å². The molecule has 0 atom stereocenters. The van der Waals surface area contributed by atoms with Crippen LogP contribution < -0.4 is 15.0 Å². The molecule has 2 aromatic rings. The largest absolute Gasteiger partial charge is 0.497 e. The van der Waals surface area contributed by atoms with Gasteiger partial charge >= 0.3 is 0 Å². The SMILES string of the molecule is COc1ccc(NC(=O)C=Cc2ccc(N3CCCC3=O)cc2)cc1. The molecule has 1 saturated heterocycles. The number of benzene rings is 2. The minimum atomic E-state index is -0.205. The van der Waals surface area contributed by atoms with Gasteiger partial charge in [-0.2, -0.15) is 0 Å². The Morgan fingerprint density at radius 1 is 1.12 bits per heavy atom. The number of carbonyl (C=O) groups is 2. The first-order chi connectivity index (χ1) is 12.2. The number of ether oxygens (including phenoxy) is 1. The van der Waals surface area contributed by atoms with Gasteiger partial charge in [-0.25, -0.2) is 0 Å². The van der Waals surface area contributed by atoms with Gasteiger partial charge in [-0.05, 0) is 54.5 Å². The predicted molar refractivity (Wildman–Crippen MR) is 98.7 cm³/mol. The molecule has 0 aromatic heterocycles. The second kappa shape index (κ2) is 7.66. The van der Waals surface area contributed by atoms with E-state index < -0.39 is 0 Å². The highest BCUT2D eigenvalue weighted by atomic mass is 16.5. The molecule has 1 fully saturated rings. The van der Waals surface area contributed by atoms with E-state index in [1.807, 2.05) is 24.3 Å². The highest BCUT2D eigenvalue weighted by Gasteiger charge is 2.21. The molecule has 0 unspecified atom stereocenters. The summed E-state index contributed by atoms with van der Waals surface area (Å²) in [6.07, 6.45) is 4.76. The average Bonchev–Trinajstić information content (AvgIpc) is 3.07. The molecule has 128 valence electrons. The minimum Gasteiger partial charge on any atom is -0.497 e. The van der Waals surface area contributed by atoms with E-state index in [0.29, 0.717) is 12.1 Å². The quantitative estimate of drug-likeness (QED) is 0.851. The van der Waals surface area contributed by atoms with Crippen LogP contribution in [0.15, 0.2) is 54.6 Å². The summed E-state index contributed by atoms with van der Waals surface area (Å²) in [5.41, 5.74) is 2.51. The van der Waals surface area contributed by atoms with Crippen LogP contribution in [0, 0.1) is 0 Å². The van der Waals surface area contributed by atoms with Gasteiger partial charge in [0.1, 0.15) is 5.75 Å². The van der Waals surface area contributed by atoms with E-state index in [-0.39, 0.29) is 11.8 Å². The lowest BCUT2D eigenvalue weighted by atomic mass is 10.2. The van der Waals surface area contributed by atoms with Gasteiger partial charge in [-0.3, -0.25) is 9.59 Å². The third-order valence-corrected chi connectivity index (χ3v) is 4.06. The van der Waals surface area contributed by atoms with Crippen LogP contribution in [-0.2, 0) is 9.59 Å². The Morgan fingerprint density at radius 2 is 1.84 bits per heavy atom. The fourth-order valence-electron chi connectivity index (χ4n) is 2.72. The summed E-state index contributed by atoms with van der Waals surface area (Å²) < 4.78 is 5.08.